The Hall–Kier alpha value is -1.59. The molecule has 1 saturated heterocycles. The molecule has 1 unspecified atom stereocenters. The molecule has 1 fully saturated rings. The standard InChI is InChI=1S/C18H27NO4/c1-13-7-16(10-19-9-15-5-4-6-22-11-15)8-14(2)18(13)23-12-17(20)21-3/h7-8,15,19H,4-6,9-12H2,1-3H3. The molecule has 2 rings (SSSR count). The molecule has 1 atom stereocenters. The molecular weight excluding hydrogens is 294 g/mol. The number of aryl methyl sites for hydroxylation is 2. The normalized spacial score (nSPS) is 17.8. The molecule has 0 radical (unpaired) electrons. The Morgan fingerprint density at radius 3 is 2.70 bits per heavy atom. The topological polar surface area (TPSA) is 56.8 Å². The van der Waals surface area contributed by atoms with Gasteiger partial charge in [-0.1, -0.05) is 12.1 Å². The van der Waals surface area contributed by atoms with Crippen molar-refractivity contribution in [3.63, 3.8) is 0 Å². The number of methoxy groups -OCH3 is 1. The first-order valence-corrected chi connectivity index (χ1v) is 8.18. The molecule has 1 aromatic carbocycles. The first-order valence-electron chi connectivity index (χ1n) is 8.18. The van der Waals surface area contributed by atoms with Gasteiger partial charge >= 0.3 is 5.97 Å². The minimum atomic E-state index is -0.371. The second-order valence-electron chi connectivity index (χ2n) is 6.14. The van der Waals surface area contributed by atoms with Gasteiger partial charge in [-0.3, -0.25) is 0 Å². The van der Waals surface area contributed by atoms with E-state index in [1.54, 1.807) is 0 Å². The Morgan fingerprint density at radius 2 is 2.09 bits per heavy atom. The summed E-state index contributed by atoms with van der Waals surface area (Å²) in [4.78, 5) is 11.2. The molecule has 0 bridgehead atoms. The summed E-state index contributed by atoms with van der Waals surface area (Å²) in [6.45, 7) is 7.52. The zero-order valence-electron chi connectivity index (χ0n) is 14.3. The van der Waals surface area contributed by atoms with Crippen LogP contribution in [0.1, 0.15) is 29.5 Å². The third-order valence-corrected chi connectivity index (χ3v) is 4.10. The zero-order valence-corrected chi connectivity index (χ0v) is 14.3. The van der Waals surface area contributed by atoms with Crippen molar-refractivity contribution in [3.8, 4) is 5.75 Å². The molecule has 23 heavy (non-hydrogen) atoms. The van der Waals surface area contributed by atoms with Gasteiger partial charge < -0.3 is 19.5 Å². The van der Waals surface area contributed by atoms with E-state index in [-0.39, 0.29) is 12.6 Å². The predicted octanol–water partition coefficient (Wildman–Crippen LogP) is 2.37. The zero-order chi connectivity index (χ0) is 16.7. The van der Waals surface area contributed by atoms with E-state index >= 15 is 0 Å². The molecule has 5 nitrogen and oxygen atoms in total. The molecule has 5 heteroatoms. The van der Waals surface area contributed by atoms with Crippen LogP contribution in [0, 0.1) is 19.8 Å². The van der Waals surface area contributed by atoms with Crippen molar-refractivity contribution in [3.05, 3.63) is 28.8 Å². The summed E-state index contributed by atoms with van der Waals surface area (Å²) in [5.74, 6) is 1.01. The highest BCUT2D eigenvalue weighted by Gasteiger charge is 2.13. The van der Waals surface area contributed by atoms with Crippen LogP contribution >= 0.6 is 0 Å². The highest BCUT2D eigenvalue weighted by atomic mass is 16.6. The fourth-order valence-electron chi connectivity index (χ4n) is 2.95. The number of hydrogen-bond donors (Lipinski definition) is 1. The van der Waals surface area contributed by atoms with E-state index in [1.807, 2.05) is 13.8 Å². The Bertz CT molecular complexity index is 501. The third kappa shape index (κ3) is 5.52. The fourth-order valence-corrected chi connectivity index (χ4v) is 2.95. The van der Waals surface area contributed by atoms with Gasteiger partial charge in [0, 0.05) is 19.7 Å². The van der Waals surface area contributed by atoms with Gasteiger partial charge in [0.15, 0.2) is 6.61 Å². The lowest BCUT2D eigenvalue weighted by atomic mass is 10.0. The second-order valence-corrected chi connectivity index (χ2v) is 6.14. The summed E-state index contributed by atoms with van der Waals surface area (Å²) in [5, 5.41) is 3.51. The number of rotatable bonds is 7. The van der Waals surface area contributed by atoms with Crippen LogP contribution < -0.4 is 10.1 Å². The first kappa shape index (κ1) is 17.8. The van der Waals surface area contributed by atoms with E-state index in [0.29, 0.717) is 5.92 Å². The molecule has 0 saturated carbocycles. The Morgan fingerprint density at radius 1 is 1.35 bits per heavy atom. The van der Waals surface area contributed by atoms with Crippen LogP contribution in [0.3, 0.4) is 0 Å². The number of hydrogen-bond acceptors (Lipinski definition) is 5. The minimum Gasteiger partial charge on any atom is -0.481 e. The average molecular weight is 321 g/mol. The summed E-state index contributed by atoms with van der Waals surface area (Å²) >= 11 is 0. The SMILES string of the molecule is COC(=O)COc1c(C)cc(CNCC2CCCOC2)cc1C. The summed E-state index contributed by atoms with van der Waals surface area (Å²) in [7, 11) is 1.36. The maximum absolute atomic E-state index is 11.2. The highest BCUT2D eigenvalue weighted by Crippen LogP contribution is 2.25. The van der Waals surface area contributed by atoms with Crippen LogP contribution in [0.4, 0.5) is 0 Å². The van der Waals surface area contributed by atoms with E-state index in [9.17, 15) is 4.79 Å². The number of ether oxygens (including phenoxy) is 3. The summed E-state index contributed by atoms with van der Waals surface area (Å²) in [5.41, 5.74) is 3.29. The molecule has 1 heterocycles. The second kappa shape index (κ2) is 8.89. The number of carbonyl (C=O) groups excluding carboxylic acids is 1. The van der Waals surface area contributed by atoms with Gasteiger partial charge in [-0.25, -0.2) is 4.79 Å². The molecule has 1 aliphatic heterocycles. The lowest BCUT2D eigenvalue weighted by molar-refractivity contribution is -0.142. The van der Waals surface area contributed by atoms with Crippen LogP contribution in [0.5, 0.6) is 5.75 Å². The number of benzene rings is 1. The quantitative estimate of drug-likeness (QED) is 0.781. The van der Waals surface area contributed by atoms with Gasteiger partial charge in [0.1, 0.15) is 5.75 Å². The van der Waals surface area contributed by atoms with E-state index in [0.717, 1.165) is 49.6 Å². The predicted molar refractivity (Wildman–Crippen MR) is 88.7 cm³/mol. The fraction of sp³-hybridized carbons (Fsp3) is 0.611. The summed E-state index contributed by atoms with van der Waals surface area (Å²) in [6, 6.07) is 4.20. The van der Waals surface area contributed by atoms with E-state index in [4.69, 9.17) is 9.47 Å². The van der Waals surface area contributed by atoms with Crippen molar-refractivity contribution in [2.45, 2.75) is 33.2 Å². The molecule has 0 aromatic heterocycles. The molecule has 1 aromatic rings. The maximum atomic E-state index is 11.2. The average Bonchev–Trinajstić information content (AvgIpc) is 2.55. The van der Waals surface area contributed by atoms with Gasteiger partial charge in [-0.2, -0.15) is 0 Å². The Balaban J connectivity index is 1.86. The van der Waals surface area contributed by atoms with Crippen molar-refractivity contribution in [2.75, 3.05) is 33.5 Å². The van der Waals surface area contributed by atoms with Crippen molar-refractivity contribution in [2.24, 2.45) is 5.92 Å². The molecular formula is C18H27NO4. The van der Waals surface area contributed by atoms with Gasteiger partial charge in [0.05, 0.1) is 13.7 Å². The minimum absolute atomic E-state index is 0.0581. The highest BCUT2D eigenvalue weighted by molar-refractivity contribution is 5.71. The summed E-state index contributed by atoms with van der Waals surface area (Å²) in [6.07, 6.45) is 2.40. The lowest BCUT2D eigenvalue weighted by Gasteiger charge is -2.22. The molecule has 0 aliphatic carbocycles. The van der Waals surface area contributed by atoms with Crippen LogP contribution in [0.25, 0.3) is 0 Å². The van der Waals surface area contributed by atoms with Crippen LogP contribution in [0.2, 0.25) is 0 Å². The molecule has 0 amide bonds. The number of nitrogens with one attached hydrogen (secondary N) is 1. The van der Waals surface area contributed by atoms with Crippen molar-refractivity contribution < 1.29 is 19.0 Å². The largest absolute Gasteiger partial charge is 0.481 e. The Kier molecular flexibility index (Phi) is 6.86. The molecule has 1 aliphatic rings. The number of esters is 1. The van der Waals surface area contributed by atoms with Gasteiger partial charge in [0.25, 0.3) is 0 Å². The third-order valence-electron chi connectivity index (χ3n) is 4.10. The van der Waals surface area contributed by atoms with E-state index in [1.165, 1.54) is 19.1 Å². The van der Waals surface area contributed by atoms with Crippen LogP contribution in [-0.2, 0) is 20.8 Å². The summed E-state index contributed by atoms with van der Waals surface area (Å²) < 4.78 is 15.7. The van der Waals surface area contributed by atoms with Gasteiger partial charge in [-0.15, -0.1) is 0 Å². The van der Waals surface area contributed by atoms with Crippen molar-refractivity contribution in [1.82, 2.24) is 5.32 Å². The van der Waals surface area contributed by atoms with Gasteiger partial charge in [-0.05, 0) is 49.3 Å². The molecule has 0 spiro atoms. The first-order chi connectivity index (χ1) is 11.1. The number of carbonyl (C=O) groups is 1. The van der Waals surface area contributed by atoms with Crippen LogP contribution in [0.15, 0.2) is 12.1 Å². The van der Waals surface area contributed by atoms with E-state index in [2.05, 4.69) is 22.2 Å². The Labute approximate surface area is 138 Å². The van der Waals surface area contributed by atoms with Gasteiger partial charge in [0.2, 0.25) is 0 Å². The lowest BCUT2D eigenvalue weighted by Crippen LogP contribution is -2.28. The monoisotopic (exact) mass is 321 g/mol. The maximum Gasteiger partial charge on any atom is 0.343 e. The molecule has 128 valence electrons. The molecule has 1 N–H and O–H groups in total. The van der Waals surface area contributed by atoms with Crippen molar-refractivity contribution in [1.29, 1.82) is 0 Å². The smallest absolute Gasteiger partial charge is 0.343 e. The van der Waals surface area contributed by atoms with Crippen molar-refractivity contribution >= 4 is 5.97 Å². The van der Waals surface area contributed by atoms with E-state index < -0.39 is 0 Å². The van der Waals surface area contributed by atoms with Crippen LogP contribution in [-0.4, -0.2) is 39.4 Å².